The summed E-state index contributed by atoms with van der Waals surface area (Å²) < 4.78 is 1.85. The molecule has 3 aromatic rings. The Kier molecular flexibility index (Phi) is 3.70. The zero-order valence-electron chi connectivity index (χ0n) is 11.9. The van der Waals surface area contributed by atoms with Crippen molar-refractivity contribution in [3.63, 3.8) is 0 Å². The highest BCUT2D eigenvalue weighted by Crippen LogP contribution is 2.19. The van der Waals surface area contributed by atoms with Crippen LogP contribution in [0.4, 0.5) is 0 Å². The standard InChI is InChI=1S/C15H16N4OS/c1-3-11(15-16-5-7-21-15)18-14(20)12-9-19-6-4-10(2)8-13(19)17-12/h4-9,11H,3H2,1-2H3,(H,18,20)/t11-/m0/s1. The molecule has 3 heterocycles. The van der Waals surface area contributed by atoms with Crippen LogP contribution in [0.15, 0.2) is 36.1 Å². The Morgan fingerprint density at radius 3 is 3.10 bits per heavy atom. The van der Waals surface area contributed by atoms with Gasteiger partial charge in [0, 0.05) is 24.0 Å². The summed E-state index contributed by atoms with van der Waals surface area (Å²) in [5.74, 6) is -0.168. The Hall–Kier alpha value is -2.21. The Morgan fingerprint density at radius 1 is 1.52 bits per heavy atom. The molecule has 0 aliphatic heterocycles. The van der Waals surface area contributed by atoms with Crippen LogP contribution in [-0.4, -0.2) is 20.3 Å². The van der Waals surface area contributed by atoms with Crippen LogP contribution >= 0.6 is 11.3 Å². The van der Waals surface area contributed by atoms with Crippen LogP contribution in [0.2, 0.25) is 0 Å². The van der Waals surface area contributed by atoms with Crippen LogP contribution in [0.5, 0.6) is 0 Å². The fourth-order valence-corrected chi connectivity index (χ4v) is 2.94. The normalized spacial score (nSPS) is 12.5. The average Bonchev–Trinajstić information content (AvgIpc) is 3.12. The summed E-state index contributed by atoms with van der Waals surface area (Å²) in [4.78, 5) is 21.0. The van der Waals surface area contributed by atoms with Gasteiger partial charge in [0.15, 0.2) is 0 Å². The number of hydrogen-bond acceptors (Lipinski definition) is 4. The molecule has 3 rings (SSSR count). The van der Waals surface area contributed by atoms with E-state index in [1.54, 1.807) is 23.7 Å². The van der Waals surface area contributed by atoms with Crippen molar-refractivity contribution in [1.29, 1.82) is 0 Å². The van der Waals surface area contributed by atoms with E-state index in [9.17, 15) is 4.79 Å². The number of fused-ring (bicyclic) bond motifs is 1. The zero-order valence-corrected chi connectivity index (χ0v) is 12.7. The van der Waals surface area contributed by atoms with Gasteiger partial charge in [-0.2, -0.15) is 0 Å². The molecule has 108 valence electrons. The predicted octanol–water partition coefficient (Wildman–Crippen LogP) is 2.98. The Labute approximate surface area is 126 Å². The first kappa shape index (κ1) is 13.8. The third-order valence-corrected chi connectivity index (χ3v) is 4.20. The van der Waals surface area contributed by atoms with Gasteiger partial charge in [-0.05, 0) is 31.0 Å². The molecule has 1 amide bonds. The summed E-state index contributed by atoms with van der Waals surface area (Å²) in [5, 5.41) is 5.83. The van der Waals surface area contributed by atoms with Gasteiger partial charge >= 0.3 is 0 Å². The molecule has 0 aliphatic carbocycles. The number of aryl methyl sites for hydroxylation is 1. The second kappa shape index (κ2) is 5.65. The molecule has 0 unspecified atom stereocenters. The summed E-state index contributed by atoms with van der Waals surface area (Å²) in [6, 6.07) is 3.87. The lowest BCUT2D eigenvalue weighted by molar-refractivity contribution is 0.0931. The smallest absolute Gasteiger partial charge is 0.272 e. The quantitative estimate of drug-likeness (QED) is 0.806. The minimum atomic E-state index is -0.168. The van der Waals surface area contributed by atoms with Crippen LogP contribution in [0.1, 0.15) is 40.4 Å². The molecule has 0 bridgehead atoms. The molecule has 1 atom stereocenters. The van der Waals surface area contributed by atoms with E-state index in [1.807, 2.05) is 42.0 Å². The maximum atomic E-state index is 12.4. The van der Waals surface area contributed by atoms with E-state index >= 15 is 0 Å². The molecule has 5 nitrogen and oxygen atoms in total. The monoisotopic (exact) mass is 300 g/mol. The van der Waals surface area contributed by atoms with Crippen molar-refractivity contribution in [3.05, 3.63) is 52.4 Å². The average molecular weight is 300 g/mol. The van der Waals surface area contributed by atoms with E-state index < -0.39 is 0 Å². The van der Waals surface area contributed by atoms with E-state index in [0.29, 0.717) is 5.69 Å². The van der Waals surface area contributed by atoms with Crippen molar-refractivity contribution in [2.45, 2.75) is 26.3 Å². The molecule has 1 N–H and O–H groups in total. The minimum absolute atomic E-state index is 0.0657. The fraction of sp³-hybridized carbons (Fsp3) is 0.267. The van der Waals surface area contributed by atoms with Crippen LogP contribution in [-0.2, 0) is 0 Å². The number of imidazole rings is 1. The van der Waals surface area contributed by atoms with Crippen molar-refractivity contribution < 1.29 is 4.79 Å². The third-order valence-electron chi connectivity index (χ3n) is 3.31. The maximum Gasteiger partial charge on any atom is 0.272 e. The Morgan fingerprint density at radius 2 is 2.38 bits per heavy atom. The molecule has 0 aliphatic rings. The van der Waals surface area contributed by atoms with Gasteiger partial charge in [-0.1, -0.05) is 6.92 Å². The highest BCUT2D eigenvalue weighted by molar-refractivity contribution is 7.09. The van der Waals surface area contributed by atoms with Crippen molar-refractivity contribution >= 4 is 22.9 Å². The molecule has 0 aromatic carbocycles. The molecular formula is C15H16N4OS. The van der Waals surface area contributed by atoms with Gasteiger partial charge in [-0.3, -0.25) is 4.79 Å². The first-order valence-electron chi connectivity index (χ1n) is 6.83. The number of hydrogen-bond donors (Lipinski definition) is 1. The molecule has 0 saturated carbocycles. The number of thiazole rings is 1. The molecule has 0 saturated heterocycles. The molecule has 3 aromatic heterocycles. The lowest BCUT2D eigenvalue weighted by Crippen LogP contribution is -2.28. The predicted molar refractivity (Wildman–Crippen MR) is 82.5 cm³/mol. The Balaban J connectivity index is 1.83. The minimum Gasteiger partial charge on any atom is -0.341 e. The van der Waals surface area contributed by atoms with Crippen molar-refractivity contribution in [3.8, 4) is 0 Å². The number of rotatable bonds is 4. The van der Waals surface area contributed by atoms with Crippen molar-refractivity contribution in [2.75, 3.05) is 0 Å². The SMILES string of the molecule is CC[C@H](NC(=O)c1cn2ccc(C)cc2n1)c1nccs1. The van der Waals surface area contributed by atoms with Gasteiger partial charge in [0.1, 0.15) is 16.3 Å². The molecule has 0 fully saturated rings. The third kappa shape index (κ3) is 2.80. The van der Waals surface area contributed by atoms with E-state index in [0.717, 1.165) is 22.6 Å². The highest BCUT2D eigenvalue weighted by Gasteiger charge is 2.18. The lowest BCUT2D eigenvalue weighted by atomic mass is 10.2. The van der Waals surface area contributed by atoms with Gasteiger partial charge in [0.2, 0.25) is 0 Å². The zero-order chi connectivity index (χ0) is 14.8. The number of carbonyl (C=O) groups excluding carboxylic acids is 1. The van der Waals surface area contributed by atoms with E-state index in [1.165, 1.54) is 0 Å². The number of pyridine rings is 1. The molecule has 0 radical (unpaired) electrons. The first-order chi connectivity index (χ1) is 10.2. The molecule has 0 spiro atoms. The fourth-order valence-electron chi connectivity index (χ4n) is 2.17. The van der Waals surface area contributed by atoms with Gasteiger partial charge < -0.3 is 9.72 Å². The van der Waals surface area contributed by atoms with E-state index in [4.69, 9.17) is 0 Å². The van der Waals surface area contributed by atoms with Gasteiger partial charge in [-0.25, -0.2) is 9.97 Å². The first-order valence-corrected chi connectivity index (χ1v) is 7.71. The summed E-state index contributed by atoms with van der Waals surface area (Å²) in [5.41, 5.74) is 2.33. The van der Waals surface area contributed by atoms with Crippen LogP contribution in [0.25, 0.3) is 5.65 Å². The number of nitrogens with one attached hydrogen (secondary N) is 1. The van der Waals surface area contributed by atoms with E-state index in [2.05, 4.69) is 15.3 Å². The number of nitrogens with zero attached hydrogens (tertiary/aromatic N) is 3. The molecule has 6 heteroatoms. The highest BCUT2D eigenvalue weighted by atomic mass is 32.1. The molecular weight excluding hydrogens is 284 g/mol. The van der Waals surface area contributed by atoms with E-state index in [-0.39, 0.29) is 11.9 Å². The maximum absolute atomic E-state index is 12.4. The van der Waals surface area contributed by atoms with Crippen LogP contribution in [0, 0.1) is 6.92 Å². The topological polar surface area (TPSA) is 59.3 Å². The van der Waals surface area contributed by atoms with Crippen molar-refractivity contribution in [2.24, 2.45) is 0 Å². The van der Waals surface area contributed by atoms with Crippen LogP contribution < -0.4 is 5.32 Å². The second-order valence-corrected chi connectivity index (χ2v) is 5.83. The summed E-state index contributed by atoms with van der Waals surface area (Å²) >= 11 is 1.55. The van der Waals surface area contributed by atoms with Crippen LogP contribution in [0.3, 0.4) is 0 Å². The van der Waals surface area contributed by atoms with Crippen molar-refractivity contribution in [1.82, 2.24) is 19.7 Å². The second-order valence-electron chi connectivity index (χ2n) is 4.90. The summed E-state index contributed by atoms with van der Waals surface area (Å²) in [7, 11) is 0. The van der Waals surface area contributed by atoms with Gasteiger partial charge in [-0.15, -0.1) is 11.3 Å². The summed E-state index contributed by atoms with van der Waals surface area (Å²) in [6.45, 7) is 4.03. The lowest BCUT2D eigenvalue weighted by Gasteiger charge is -2.13. The molecule has 21 heavy (non-hydrogen) atoms. The van der Waals surface area contributed by atoms with Gasteiger partial charge in [0.25, 0.3) is 5.91 Å². The summed E-state index contributed by atoms with van der Waals surface area (Å²) in [6.07, 6.45) is 6.21. The Bertz CT molecular complexity index is 763. The number of aromatic nitrogens is 3. The van der Waals surface area contributed by atoms with Gasteiger partial charge in [0.05, 0.1) is 6.04 Å². The number of amides is 1. The number of carbonyl (C=O) groups is 1. The largest absolute Gasteiger partial charge is 0.341 e.